The summed E-state index contributed by atoms with van der Waals surface area (Å²) in [5.41, 5.74) is 2.28. The Morgan fingerprint density at radius 1 is 1.06 bits per heavy atom. The quantitative estimate of drug-likeness (QED) is 0.748. The second kappa shape index (κ2) is 3.85. The summed E-state index contributed by atoms with van der Waals surface area (Å²) in [6.07, 6.45) is 4.53. The van der Waals surface area contributed by atoms with E-state index < -0.39 is 0 Å². The fourth-order valence-corrected chi connectivity index (χ4v) is 2.50. The molecule has 0 bridgehead atoms. The molecule has 1 aromatic heterocycles. The van der Waals surface area contributed by atoms with Gasteiger partial charge in [0.2, 0.25) is 0 Å². The van der Waals surface area contributed by atoms with Crippen molar-refractivity contribution < 1.29 is 4.42 Å². The van der Waals surface area contributed by atoms with Crippen molar-refractivity contribution in [3.63, 3.8) is 0 Å². The summed E-state index contributed by atoms with van der Waals surface area (Å²) in [7, 11) is 0. The Balaban J connectivity index is 1.82. The van der Waals surface area contributed by atoms with Crippen LogP contribution >= 0.6 is 0 Å². The zero-order chi connectivity index (χ0) is 11.9. The van der Waals surface area contributed by atoms with Crippen molar-refractivity contribution in [3.8, 4) is 0 Å². The van der Waals surface area contributed by atoms with Gasteiger partial charge in [-0.1, -0.05) is 36.4 Å². The average Bonchev–Trinajstić information content (AvgIpc) is 3.15. The third kappa shape index (κ3) is 1.61. The third-order valence-electron chi connectivity index (χ3n) is 3.70. The molecular weight excluding hydrogens is 222 g/mol. The predicted octanol–water partition coefficient (Wildman–Crippen LogP) is 3.84. The van der Waals surface area contributed by atoms with E-state index in [0.29, 0.717) is 0 Å². The first-order valence-electron chi connectivity index (χ1n) is 6.53. The fraction of sp³-hybridized carbons (Fsp3) is 0.250. The Kier molecular flexibility index (Phi) is 2.17. The third-order valence-corrected chi connectivity index (χ3v) is 3.70. The summed E-state index contributed by atoms with van der Waals surface area (Å²) in [6, 6.07) is 13.5. The number of furan rings is 1. The number of benzene rings is 2. The van der Waals surface area contributed by atoms with Crippen LogP contribution < -0.4 is 5.32 Å². The van der Waals surface area contributed by atoms with Crippen molar-refractivity contribution in [3.05, 3.63) is 48.2 Å². The monoisotopic (exact) mass is 237 g/mol. The smallest absolute Gasteiger partial charge is 0.142 e. The summed E-state index contributed by atoms with van der Waals surface area (Å²) in [5, 5.41) is 7.22. The number of rotatable bonds is 3. The SMILES string of the molecule is c1ccc2c(c1)ccc1c(CNC3CC3)coc12. The molecule has 0 saturated heterocycles. The summed E-state index contributed by atoms with van der Waals surface area (Å²) in [5.74, 6) is 0. The molecule has 1 heterocycles. The van der Waals surface area contributed by atoms with Gasteiger partial charge in [-0.3, -0.25) is 0 Å². The van der Waals surface area contributed by atoms with Crippen LogP contribution in [0.1, 0.15) is 18.4 Å². The maximum absolute atomic E-state index is 5.78. The molecule has 1 fully saturated rings. The molecule has 0 unspecified atom stereocenters. The highest BCUT2D eigenvalue weighted by atomic mass is 16.3. The highest BCUT2D eigenvalue weighted by molar-refractivity contribution is 6.05. The van der Waals surface area contributed by atoms with Crippen molar-refractivity contribution in [1.29, 1.82) is 0 Å². The van der Waals surface area contributed by atoms with Crippen molar-refractivity contribution in [1.82, 2.24) is 5.32 Å². The van der Waals surface area contributed by atoms with E-state index >= 15 is 0 Å². The van der Waals surface area contributed by atoms with E-state index in [-0.39, 0.29) is 0 Å². The van der Waals surface area contributed by atoms with E-state index in [1.807, 2.05) is 6.26 Å². The van der Waals surface area contributed by atoms with Gasteiger partial charge in [-0.05, 0) is 18.2 Å². The largest absolute Gasteiger partial charge is 0.463 e. The highest BCUT2D eigenvalue weighted by Gasteiger charge is 2.20. The first kappa shape index (κ1) is 10.2. The predicted molar refractivity (Wildman–Crippen MR) is 73.6 cm³/mol. The summed E-state index contributed by atoms with van der Waals surface area (Å²) < 4.78 is 5.78. The second-order valence-corrected chi connectivity index (χ2v) is 5.08. The van der Waals surface area contributed by atoms with Gasteiger partial charge in [0.25, 0.3) is 0 Å². The van der Waals surface area contributed by atoms with Gasteiger partial charge >= 0.3 is 0 Å². The Hall–Kier alpha value is -1.80. The molecule has 0 amide bonds. The lowest BCUT2D eigenvalue weighted by Crippen LogP contribution is -2.14. The maximum atomic E-state index is 5.78. The molecule has 1 saturated carbocycles. The van der Waals surface area contributed by atoms with E-state index in [1.54, 1.807) is 0 Å². The number of hydrogen-bond acceptors (Lipinski definition) is 2. The van der Waals surface area contributed by atoms with Crippen LogP contribution in [0.15, 0.2) is 47.1 Å². The molecule has 2 nitrogen and oxygen atoms in total. The number of hydrogen-bond donors (Lipinski definition) is 1. The van der Waals surface area contributed by atoms with Gasteiger partial charge < -0.3 is 9.73 Å². The molecule has 3 aromatic rings. The Morgan fingerprint density at radius 3 is 2.83 bits per heavy atom. The Bertz CT molecular complexity index is 709. The van der Waals surface area contributed by atoms with Crippen molar-refractivity contribution >= 4 is 21.7 Å². The van der Waals surface area contributed by atoms with Gasteiger partial charge in [0, 0.05) is 28.9 Å². The van der Waals surface area contributed by atoms with Crippen molar-refractivity contribution in [2.75, 3.05) is 0 Å². The molecule has 4 rings (SSSR count). The Morgan fingerprint density at radius 2 is 1.94 bits per heavy atom. The van der Waals surface area contributed by atoms with E-state index in [9.17, 15) is 0 Å². The molecule has 18 heavy (non-hydrogen) atoms. The van der Waals surface area contributed by atoms with Crippen LogP contribution in [0, 0.1) is 0 Å². The standard InChI is InChI=1S/C16H15NO/c1-2-4-14-11(3-1)5-8-15-12(10-18-16(14)15)9-17-13-6-7-13/h1-5,8,10,13,17H,6-7,9H2. The van der Waals surface area contributed by atoms with Crippen LogP contribution in [0.4, 0.5) is 0 Å². The number of nitrogens with one attached hydrogen (secondary N) is 1. The molecule has 0 aliphatic heterocycles. The zero-order valence-electron chi connectivity index (χ0n) is 10.1. The van der Waals surface area contributed by atoms with Gasteiger partial charge in [0.15, 0.2) is 0 Å². The molecule has 90 valence electrons. The van der Waals surface area contributed by atoms with Gasteiger partial charge in [-0.25, -0.2) is 0 Å². The molecule has 1 aliphatic rings. The first-order chi connectivity index (χ1) is 8.92. The van der Waals surface area contributed by atoms with E-state index in [1.165, 1.54) is 34.6 Å². The lowest BCUT2D eigenvalue weighted by Gasteiger charge is -2.01. The minimum absolute atomic E-state index is 0.732. The minimum Gasteiger partial charge on any atom is -0.463 e. The second-order valence-electron chi connectivity index (χ2n) is 5.08. The zero-order valence-corrected chi connectivity index (χ0v) is 10.1. The van der Waals surface area contributed by atoms with Crippen LogP contribution in [-0.4, -0.2) is 6.04 Å². The van der Waals surface area contributed by atoms with Crippen LogP contribution in [0.2, 0.25) is 0 Å². The van der Waals surface area contributed by atoms with Crippen LogP contribution in [0.5, 0.6) is 0 Å². The van der Waals surface area contributed by atoms with Crippen molar-refractivity contribution in [2.45, 2.75) is 25.4 Å². The molecule has 0 radical (unpaired) electrons. The fourth-order valence-electron chi connectivity index (χ4n) is 2.50. The maximum Gasteiger partial charge on any atom is 0.142 e. The lowest BCUT2D eigenvalue weighted by molar-refractivity contribution is 0.604. The van der Waals surface area contributed by atoms with Crippen LogP contribution in [0.25, 0.3) is 21.7 Å². The van der Waals surface area contributed by atoms with Gasteiger partial charge in [-0.2, -0.15) is 0 Å². The molecule has 0 spiro atoms. The summed E-state index contributed by atoms with van der Waals surface area (Å²) in [4.78, 5) is 0. The normalized spacial score (nSPS) is 15.6. The molecule has 1 N–H and O–H groups in total. The number of fused-ring (bicyclic) bond motifs is 3. The molecule has 2 aromatic carbocycles. The van der Waals surface area contributed by atoms with Gasteiger partial charge in [0.1, 0.15) is 5.58 Å². The van der Waals surface area contributed by atoms with Gasteiger partial charge in [0.05, 0.1) is 6.26 Å². The van der Waals surface area contributed by atoms with E-state index in [4.69, 9.17) is 4.42 Å². The first-order valence-corrected chi connectivity index (χ1v) is 6.53. The van der Waals surface area contributed by atoms with E-state index in [0.717, 1.165) is 18.2 Å². The molecule has 2 heteroatoms. The van der Waals surface area contributed by atoms with Gasteiger partial charge in [-0.15, -0.1) is 0 Å². The molecule has 1 aliphatic carbocycles. The Labute approximate surface area is 106 Å². The van der Waals surface area contributed by atoms with Crippen LogP contribution in [0.3, 0.4) is 0 Å². The van der Waals surface area contributed by atoms with E-state index in [2.05, 4.69) is 41.7 Å². The van der Waals surface area contributed by atoms with Crippen molar-refractivity contribution in [2.24, 2.45) is 0 Å². The summed E-state index contributed by atoms with van der Waals surface area (Å²) in [6.45, 7) is 0.913. The van der Waals surface area contributed by atoms with Crippen LogP contribution in [-0.2, 0) is 6.54 Å². The topological polar surface area (TPSA) is 25.2 Å². The summed E-state index contributed by atoms with van der Waals surface area (Å²) >= 11 is 0. The molecular formula is C16H15NO. The average molecular weight is 237 g/mol. The minimum atomic E-state index is 0.732. The lowest BCUT2D eigenvalue weighted by atomic mass is 10.1. The molecule has 0 atom stereocenters. The highest BCUT2D eigenvalue weighted by Crippen LogP contribution is 2.29.